The van der Waals surface area contributed by atoms with Crippen LogP contribution in [0.25, 0.3) is 0 Å². The van der Waals surface area contributed by atoms with E-state index in [0.29, 0.717) is 25.3 Å². The molecule has 0 radical (unpaired) electrons. The summed E-state index contributed by atoms with van der Waals surface area (Å²) in [7, 11) is -3.93. The fourth-order valence-electron chi connectivity index (χ4n) is 3.92. The van der Waals surface area contributed by atoms with Crippen molar-refractivity contribution < 1.29 is 17.9 Å². The van der Waals surface area contributed by atoms with Crippen molar-refractivity contribution in [1.82, 2.24) is 5.32 Å². The molecule has 3 aromatic carbocycles. The Hall–Kier alpha value is -3.32. The number of anilines is 1. The topological polar surface area (TPSA) is 75.7 Å². The van der Waals surface area contributed by atoms with Gasteiger partial charge in [-0.3, -0.25) is 9.10 Å². The molecule has 3 aromatic rings. The van der Waals surface area contributed by atoms with Gasteiger partial charge in [-0.25, -0.2) is 8.42 Å². The molecule has 0 aliphatic heterocycles. The zero-order chi connectivity index (χ0) is 25.4. The monoisotopic (exact) mass is 494 g/mol. The number of hydrogen-bond acceptors (Lipinski definition) is 4. The van der Waals surface area contributed by atoms with Gasteiger partial charge in [-0.2, -0.15) is 0 Å². The largest absolute Gasteiger partial charge is 0.494 e. The highest BCUT2D eigenvalue weighted by Crippen LogP contribution is 2.27. The summed E-state index contributed by atoms with van der Waals surface area (Å²) < 4.78 is 34.0. The van der Waals surface area contributed by atoms with Gasteiger partial charge in [-0.15, -0.1) is 0 Å². The Kier molecular flexibility index (Phi) is 8.93. The fraction of sp³-hybridized carbons (Fsp3) is 0.321. The van der Waals surface area contributed by atoms with Crippen molar-refractivity contribution in [2.75, 3.05) is 24.0 Å². The number of carbonyl (C=O) groups is 1. The average molecular weight is 495 g/mol. The Morgan fingerprint density at radius 1 is 0.943 bits per heavy atom. The summed E-state index contributed by atoms with van der Waals surface area (Å²) in [4.78, 5) is 13.0. The van der Waals surface area contributed by atoms with E-state index in [1.54, 1.807) is 30.3 Å². The number of nitrogens with one attached hydrogen (secondary N) is 1. The van der Waals surface area contributed by atoms with Crippen LogP contribution in [-0.2, 0) is 21.2 Å². The van der Waals surface area contributed by atoms with Gasteiger partial charge in [0.15, 0.2) is 0 Å². The second-order valence-electron chi connectivity index (χ2n) is 8.61. The van der Waals surface area contributed by atoms with Gasteiger partial charge in [0.2, 0.25) is 5.91 Å². The van der Waals surface area contributed by atoms with E-state index in [-0.39, 0.29) is 17.3 Å². The van der Waals surface area contributed by atoms with Gasteiger partial charge in [0.1, 0.15) is 12.3 Å². The van der Waals surface area contributed by atoms with Crippen molar-refractivity contribution in [2.24, 2.45) is 0 Å². The van der Waals surface area contributed by atoms with Gasteiger partial charge in [0, 0.05) is 6.54 Å². The number of para-hydroxylation sites is 1. The first kappa shape index (κ1) is 26.3. The molecule has 6 nitrogen and oxygen atoms in total. The first-order valence-electron chi connectivity index (χ1n) is 11.9. The standard InChI is InChI=1S/C28H34N2O4S/c1-5-34-27-11-7-6-9-24(27)10-8-18-29-28(31)20-30(26-17-14-22(3)19-23(26)4)35(32,33)25-15-12-21(2)13-16-25/h6-7,9,11-17,19H,5,8,10,18,20H2,1-4H3,(H,29,31). The van der Waals surface area contributed by atoms with Crippen molar-refractivity contribution in [3.63, 3.8) is 0 Å². The van der Waals surface area contributed by atoms with E-state index in [2.05, 4.69) is 5.32 Å². The molecule has 1 N–H and O–H groups in total. The van der Waals surface area contributed by atoms with Crippen LogP contribution in [0.2, 0.25) is 0 Å². The second kappa shape index (κ2) is 11.9. The van der Waals surface area contributed by atoms with E-state index >= 15 is 0 Å². The van der Waals surface area contributed by atoms with Gasteiger partial charge in [-0.05, 0) is 75.9 Å². The first-order valence-corrected chi connectivity index (χ1v) is 13.3. The van der Waals surface area contributed by atoms with Crippen LogP contribution in [0.4, 0.5) is 5.69 Å². The van der Waals surface area contributed by atoms with Crippen LogP contribution in [0.1, 0.15) is 35.6 Å². The lowest BCUT2D eigenvalue weighted by Gasteiger charge is -2.26. The lowest BCUT2D eigenvalue weighted by Crippen LogP contribution is -2.41. The zero-order valence-corrected chi connectivity index (χ0v) is 21.7. The molecular weight excluding hydrogens is 460 g/mol. The van der Waals surface area contributed by atoms with E-state index in [1.807, 2.05) is 64.1 Å². The number of ether oxygens (including phenoxy) is 1. The summed E-state index contributed by atoms with van der Waals surface area (Å²) in [6, 6.07) is 20.1. The van der Waals surface area contributed by atoms with Crippen molar-refractivity contribution in [1.29, 1.82) is 0 Å². The van der Waals surface area contributed by atoms with Crippen LogP contribution < -0.4 is 14.4 Å². The molecular formula is C28H34N2O4S. The van der Waals surface area contributed by atoms with Crippen molar-refractivity contribution in [3.8, 4) is 5.75 Å². The van der Waals surface area contributed by atoms with Crippen LogP contribution in [0.5, 0.6) is 5.75 Å². The molecule has 0 atom stereocenters. The summed E-state index contributed by atoms with van der Waals surface area (Å²) in [5, 5.41) is 2.88. The Morgan fingerprint density at radius 3 is 2.31 bits per heavy atom. The molecule has 0 spiro atoms. The molecule has 35 heavy (non-hydrogen) atoms. The van der Waals surface area contributed by atoms with Crippen LogP contribution in [-0.4, -0.2) is 34.0 Å². The minimum absolute atomic E-state index is 0.156. The predicted octanol–water partition coefficient (Wildman–Crippen LogP) is 4.95. The second-order valence-corrected chi connectivity index (χ2v) is 10.5. The highest BCUT2D eigenvalue weighted by Gasteiger charge is 2.28. The molecule has 0 heterocycles. The number of rotatable bonds is 11. The van der Waals surface area contributed by atoms with Crippen LogP contribution in [0.3, 0.4) is 0 Å². The minimum atomic E-state index is -3.93. The number of amides is 1. The molecule has 0 aliphatic rings. The SMILES string of the molecule is CCOc1ccccc1CCCNC(=O)CN(c1ccc(C)cc1C)S(=O)(=O)c1ccc(C)cc1. The molecule has 0 aromatic heterocycles. The Morgan fingerprint density at radius 2 is 1.63 bits per heavy atom. The van der Waals surface area contributed by atoms with Gasteiger partial charge >= 0.3 is 0 Å². The molecule has 0 unspecified atom stereocenters. The molecule has 7 heteroatoms. The van der Waals surface area contributed by atoms with Crippen LogP contribution >= 0.6 is 0 Å². The van der Waals surface area contributed by atoms with Crippen molar-refractivity contribution in [2.45, 2.75) is 45.4 Å². The lowest BCUT2D eigenvalue weighted by atomic mass is 10.1. The van der Waals surface area contributed by atoms with E-state index in [4.69, 9.17) is 4.74 Å². The highest BCUT2D eigenvalue weighted by atomic mass is 32.2. The summed E-state index contributed by atoms with van der Waals surface area (Å²) >= 11 is 0. The van der Waals surface area contributed by atoms with Gasteiger partial charge < -0.3 is 10.1 Å². The third-order valence-electron chi connectivity index (χ3n) is 5.73. The molecule has 0 saturated carbocycles. The van der Waals surface area contributed by atoms with Gasteiger partial charge in [-0.1, -0.05) is 53.6 Å². The maximum Gasteiger partial charge on any atom is 0.264 e. The Balaban J connectivity index is 1.73. The number of sulfonamides is 1. The smallest absolute Gasteiger partial charge is 0.264 e. The van der Waals surface area contributed by atoms with Crippen molar-refractivity contribution >= 4 is 21.6 Å². The Bertz CT molecular complexity index is 1250. The maximum absolute atomic E-state index is 13.6. The highest BCUT2D eigenvalue weighted by molar-refractivity contribution is 7.92. The molecule has 186 valence electrons. The van der Waals surface area contributed by atoms with E-state index in [0.717, 1.165) is 34.4 Å². The quantitative estimate of drug-likeness (QED) is 0.383. The molecule has 0 aliphatic carbocycles. The summed E-state index contributed by atoms with van der Waals surface area (Å²) in [5.41, 5.74) is 4.36. The first-order chi connectivity index (χ1) is 16.7. The van der Waals surface area contributed by atoms with Gasteiger partial charge in [0.25, 0.3) is 10.0 Å². The molecule has 3 rings (SSSR count). The van der Waals surface area contributed by atoms with Gasteiger partial charge in [0.05, 0.1) is 17.2 Å². The van der Waals surface area contributed by atoms with E-state index in [1.165, 1.54) is 4.31 Å². The van der Waals surface area contributed by atoms with Crippen LogP contribution in [0, 0.1) is 20.8 Å². The number of carbonyl (C=O) groups excluding carboxylic acids is 1. The summed E-state index contributed by atoms with van der Waals surface area (Å²) in [6.07, 6.45) is 1.46. The van der Waals surface area contributed by atoms with Crippen molar-refractivity contribution in [3.05, 3.63) is 89.0 Å². The third-order valence-corrected chi connectivity index (χ3v) is 7.51. The lowest BCUT2D eigenvalue weighted by molar-refractivity contribution is -0.119. The van der Waals surface area contributed by atoms with Crippen LogP contribution in [0.15, 0.2) is 71.6 Å². The summed E-state index contributed by atoms with van der Waals surface area (Å²) in [5.74, 6) is 0.505. The minimum Gasteiger partial charge on any atom is -0.494 e. The molecule has 0 fully saturated rings. The number of aryl methyl sites for hydroxylation is 4. The fourth-order valence-corrected chi connectivity index (χ4v) is 5.41. The third kappa shape index (κ3) is 6.85. The number of hydrogen-bond donors (Lipinski definition) is 1. The van der Waals surface area contributed by atoms with E-state index < -0.39 is 10.0 Å². The average Bonchev–Trinajstić information content (AvgIpc) is 2.82. The molecule has 1 amide bonds. The normalized spacial score (nSPS) is 11.2. The number of nitrogens with zero attached hydrogens (tertiary/aromatic N) is 1. The zero-order valence-electron chi connectivity index (χ0n) is 20.9. The number of benzene rings is 3. The molecule has 0 bridgehead atoms. The molecule has 0 saturated heterocycles. The Labute approximate surface area is 209 Å². The maximum atomic E-state index is 13.6. The van der Waals surface area contributed by atoms with E-state index in [9.17, 15) is 13.2 Å². The predicted molar refractivity (Wildman–Crippen MR) is 141 cm³/mol. The summed E-state index contributed by atoms with van der Waals surface area (Å²) in [6.45, 7) is 8.39.